The number of nitrogens with one attached hydrogen (secondary N) is 2. The number of aliphatic imine (C=N–C) groups is 1. The molecule has 2 fully saturated rings. The first-order valence-corrected chi connectivity index (χ1v) is 15.5. The Balaban J connectivity index is 1.30. The Morgan fingerprint density at radius 1 is 1.23 bits per heavy atom. The highest BCUT2D eigenvalue weighted by atomic mass is 32.2. The third-order valence-corrected chi connectivity index (χ3v) is 9.71. The fourth-order valence-electron chi connectivity index (χ4n) is 5.62. The maximum absolute atomic E-state index is 13.9. The van der Waals surface area contributed by atoms with Gasteiger partial charge in [0.1, 0.15) is 17.0 Å². The molecule has 40 heavy (non-hydrogen) atoms. The normalized spacial score (nSPS) is 23.0. The number of amidine groups is 1. The third-order valence-electron chi connectivity index (χ3n) is 7.84. The Bertz CT molecular complexity index is 1270. The molecule has 1 spiro atoms. The molecule has 1 aliphatic carbocycles. The van der Waals surface area contributed by atoms with Crippen LogP contribution in [0.4, 0.5) is 13.6 Å². The summed E-state index contributed by atoms with van der Waals surface area (Å²) in [6.07, 6.45) is 0.764. The van der Waals surface area contributed by atoms with Crippen molar-refractivity contribution in [1.29, 1.82) is 0 Å². The molecule has 222 valence electrons. The minimum Gasteiger partial charge on any atom is -0.444 e. The zero-order valence-corrected chi connectivity index (χ0v) is 24.5. The Hall–Kier alpha value is -2.60. The number of hydrogen-bond acceptors (Lipinski definition) is 6. The van der Waals surface area contributed by atoms with Gasteiger partial charge in [0.2, 0.25) is 15.9 Å². The molecule has 4 rings (SSSR count). The second-order valence-electron chi connectivity index (χ2n) is 12.2. The van der Waals surface area contributed by atoms with Crippen LogP contribution in [0.3, 0.4) is 0 Å². The lowest BCUT2D eigenvalue weighted by Crippen LogP contribution is -2.51. The summed E-state index contributed by atoms with van der Waals surface area (Å²) < 4.78 is 60.8. The van der Waals surface area contributed by atoms with Crippen LogP contribution in [-0.4, -0.2) is 66.5 Å². The highest BCUT2D eigenvalue weighted by Gasteiger charge is 2.49. The van der Waals surface area contributed by atoms with Crippen molar-refractivity contribution in [3.8, 4) is 0 Å². The SMILES string of the molecule is Cc1cc(CNC(=O)OC(C)(C)C)ccc1CCS(=O)(=O)N1CCC2(CC1)N=C(C1CCCC(F)(F)C1)NC2=O. The van der Waals surface area contributed by atoms with Crippen LogP contribution in [0.1, 0.15) is 76.0 Å². The summed E-state index contributed by atoms with van der Waals surface area (Å²) in [6, 6.07) is 5.64. The van der Waals surface area contributed by atoms with Gasteiger partial charge in [-0.05, 0) is 76.5 Å². The molecule has 9 nitrogen and oxygen atoms in total. The summed E-state index contributed by atoms with van der Waals surface area (Å²) in [4.78, 5) is 29.3. The van der Waals surface area contributed by atoms with Crippen molar-refractivity contribution >= 4 is 27.9 Å². The summed E-state index contributed by atoms with van der Waals surface area (Å²) >= 11 is 0. The number of alkyl carbamates (subject to hydrolysis) is 1. The van der Waals surface area contributed by atoms with E-state index in [2.05, 4.69) is 15.6 Å². The van der Waals surface area contributed by atoms with E-state index in [0.29, 0.717) is 31.6 Å². The van der Waals surface area contributed by atoms with Crippen LogP contribution in [0.25, 0.3) is 0 Å². The number of sulfonamides is 1. The Morgan fingerprint density at radius 3 is 2.55 bits per heavy atom. The molecule has 2 aliphatic heterocycles. The number of piperidine rings is 1. The average Bonchev–Trinajstić information content (AvgIpc) is 3.16. The number of amides is 2. The Morgan fingerprint density at radius 2 is 1.93 bits per heavy atom. The van der Waals surface area contributed by atoms with Crippen molar-refractivity contribution in [2.24, 2.45) is 10.9 Å². The second-order valence-corrected chi connectivity index (χ2v) is 14.3. The van der Waals surface area contributed by atoms with E-state index in [1.54, 1.807) is 20.8 Å². The molecule has 2 heterocycles. The third kappa shape index (κ3) is 7.37. The molecule has 3 aliphatic rings. The molecular formula is C28H40F2N4O5S. The van der Waals surface area contributed by atoms with E-state index in [9.17, 15) is 26.8 Å². The molecule has 1 unspecified atom stereocenters. The van der Waals surface area contributed by atoms with Crippen molar-refractivity contribution in [1.82, 2.24) is 14.9 Å². The summed E-state index contributed by atoms with van der Waals surface area (Å²) in [5.74, 6) is -3.28. The van der Waals surface area contributed by atoms with E-state index in [0.717, 1.165) is 16.7 Å². The van der Waals surface area contributed by atoms with Gasteiger partial charge in [0.15, 0.2) is 0 Å². The van der Waals surface area contributed by atoms with Crippen molar-refractivity contribution in [2.45, 2.75) is 96.2 Å². The number of carbonyl (C=O) groups is 2. The number of ether oxygens (including phenoxy) is 1. The molecule has 2 N–H and O–H groups in total. The van der Waals surface area contributed by atoms with Gasteiger partial charge in [0, 0.05) is 38.4 Å². The van der Waals surface area contributed by atoms with Gasteiger partial charge in [-0.3, -0.25) is 9.79 Å². The predicted molar refractivity (Wildman–Crippen MR) is 148 cm³/mol. The second kappa shape index (κ2) is 11.3. The zero-order valence-electron chi connectivity index (χ0n) is 23.7. The molecule has 1 saturated heterocycles. The van der Waals surface area contributed by atoms with Crippen LogP contribution in [0.15, 0.2) is 23.2 Å². The number of alkyl halides is 2. The quantitative estimate of drug-likeness (QED) is 0.503. The van der Waals surface area contributed by atoms with Gasteiger partial charge in [0.05, 0.1) is 5.75 Å². The largest absolute Gasteiger partial charge is 0.444 e. The minimum absolute atomic E-state index is 0.0752. The smallest absolute Gasteiger partial charge is 0.407 e. The summed E-state index contributed by atoms with van der Waals surface area (Å²) in [5.41, 5.74) is 1.04. The first-order chi connectivity index (χ1) is 18.6. The molecule has 0 radical (unpaired) electrons. The zero-order chi connectivity index (χ0) is 29.3. The lowest BCUT2D eigenvalue weighted by Gasteiger charge is -2.34. The first-order valence-electron chi connectivity index (χ1n) is 13.9. The number of aryl methyl sites for hydroxylation is 2. The van der Waals surface area contributed by atoms with E-state index in [1.807, 2.05) is 25.1 Å². The average molecular weight is 583 g/mol. The standard InChI is InChI=1S/C28H40F2N4O5S/c1-19-16-20(18-31-25(36)39-26(2,3)4)7-8-21(19)9-15-40(37,38)34-13-11-27(12-14-34)24(35)32-23(33-27)22-6-5-10-28(29,30)17-22/h7-8,16,22H,5-6,9-15,17-18H2,1-4H3,(H,31,36)(H,32,33,35). The highest BCUT2D eigenvalue weighted by molar-refractivity contribution is 7.89. The molecule has 2 amide bonds. The molecule has 1 saturated carbocycles. The topological polar surface area (TPSA) is 117 Å². The van der Waals surface area contributed by atoms with Gasteiger partial charge < -0.3 is 15.4 Å². The molecule has 0 aromatic heterocycles. The van der Waals surface area contributed by atoms with E-state index in [-0.39, 0.29) is 50.4 Å². The van der Waals surface area contributed by atoms with E-state index < -0.39 is 39.1 Å². The summed E-state index contributed by atoms with van der Waals surface area (Å²) in [6.45, 7) is 7.88. The molecule has 12 heteroatoms. The monoisotopic (exact) mass is 582 g/mol. The van der Waals surface area contributed by atoms with Gasteiger partial charge in [-0.15, -0.1) is 0 Å². The lowest BCUT2D eigenvalue weighted by molar-refractivity contribution is -0.125. The van der Waals surface area contributed by atoms with Gasteiger partial charge in [-0.1, -0.05) is 18.2 Å². The van der Waals surface area contributed by atoms with Gasteiger partial charge in [-0.2, -0.15) is 0 Å². The van der Waals surface area contributed by atoms with Crippen LogP contribution in [-0.2, 0) is 32.5 Å². The van der Waals surface area contributed by atoms with E-state index in [1.165, 1.54) is 4.31 Å². The lowest BCUT2D eigenvalue weighted by atomic mass is 9.85. The van der Waals surface area contributed by atoms with Crippen molar-refractivity contribution in [2.75, 3.05) is 18.8 Å². The maximum atomic E-state index is 13.9. The highest BCUT2D eigenvalue weighted by Crippen LogP contribution is 2.40. The number of benzene rings is 1. The number of nitrogens with zero attached hydrogens (tertiary/aromatic N) is 2. The number of carbonyl (C=O) groups excluding carboxylic acids is 2. The fraction of sp³-hybridized carbons (Fsp3) is 0.679. The molecule has 1 atom stereocenters. The van der Waals surface area contributed by atoms with Gasteiger partial charge >= 0.3 is 6.09 Å². The van der Waals surface area contributed by atoms with Gasteiger partial charge in [-0.25, -0.2) is 26.3 Å². The minimum atomic E-state index is -3.58. The number of halogens is 2. The Kier molecular flexibility index (Phi) is 8.61. The van der Waals surface area contributed by atoms with E-state index in [4.69, 9.17) is 4.74 Å². The summed E-state index contributed by atoms with van der Waals surface area (Å²) in [7, 11) is -3.58. The first kappa shape index (κ1) is 30.4. The Labute approximate surface area is 235 Å². The van der Waals surface area contributed by atoms with Crippen LogP contribution < -0.4 is 10.6 Å². The predicted octanol–water partition coefficient (Wildman–Crippen LogP) is 4.08. The number of rotatable bonds is 7. The molecule has 0 bridgehead atoms. The van der Waals surface area contributed by atoms with Crippen LogP contribution >= 0.6 is 0 Å². The summed E-state index contributed by atoms with van der Waals surface area (Å²) in [5, 5.41) is 5.45. The van der Waals surface area contributed by atoms with Crippen LogP contribution in [0.5, 0.6) is 0 Å². The van der Waals surface area contributed by atoms with Crippen molar-refractivity contribution in [3.63, 3.8) is 0 Å². The molecule has 1 aromatic rings. The van der Waals surface area contributed by atoms with Crippen molar-refractivity contribution in [3.05, 3.63) is 34.9 Å². The van der Waals surface area contributed by atoms with Crippen LogP contribution in [0, 0.1) is 12.8 Å². The van der Waals surface area contributed by atoms with Crippen molar-refractivity contribution < 1.29 is 31.5 Å². The maximum Gasteiger partial charge on any atom is 0.407 e. The fourth-order valence-corrected chi connectivity index (χ4v) is 7.09. The van der Waals surface area contributed by atoms with Gasteiger partial charge in [0.25, 0.3) is 5.91 Å². The molecule has 1 aromatic carbocycles. The van der Waals surface area contributed by atoms with E-state index >= 15 is 0 Å². The van der Waals surface area contributed by atoms with Crippen LogP contribution in [0.2, 0.25) is 0 Å². The molecular weight excluding hydrogens is 542 g/mol. The number of hydrogen-bond donors (Lipinski definition) is 2.